The summed E-state index contributed by atoms with van der Waals surface area (Å²) in [6.45, 7) is 4.24. The molecule has 2 aliphatic rings. The molecule has 0 aliphatic carbocycles. The average Bonchev–Trinajstić information content (AvgIpc) is 2.48. The molecule has 0 amide bonds. The summed E-state index contributed by atoms with van der Waals surface area (Å²) in [5.41, 5.74) is 6.88. The van der Waals surface area contributed by atoms with Crippen molar-refractivity contribution in [3.8, 4) is 0 Å². The van der Waals surface area contributed by atoms with Gasteiger partial charge in [-0.1, -0.05) is 13.8 Å². The van der Waals surface area contributed by atoms with Gasteiger partial charge in [-0.15, -0.1) is 0 Å². The van der Waals surface area contributed by atoms with Gasteiger partial charge < -0.3 is 10.5 Å². The van der Waals surface area contributed by atoms with Gasteiger partial charge in [-0.05, 0) is 11.5 Å². The van der Waals surface area contributed by atoms with Crippen molar-refractivity contribution < 1.29 is 4.74 Å². The zero-order chi connectivity index (χ0) is 9.42. The van der Waals surface area contributed by atoms with Crippen LogP contribution in [0.15, 0.2) is 21.8 Å². The third-order valence-electron chi connectivity index (χ3n) is 2.37. The Hall–Kier alpha value is -1.32. The molecule has 0 fully saturated rings. The first-order chi connectivity index (χ1) is 6.20. The minimum Gasteiger partial charge on any atom is -0.487 e. The predicted octanol–water partition coefficient (Wildman–Crippen LogP) is 0.693. The number of hydrogen-bond acceptors (Lipinski definition) is 4. The summed E-state index contributed by atoms with van der Waals surface area (Å²) in [6, 6.07) is 0.0532. The molecule has 0 radical (unpaired) electrons. The van der Waals surface area contributed by atoms with Crippen molar-refractivity contribution in [2.45, 2.75) is 26.0 Å². The Morgan fingerprint density at radius 2 is 2.31 bits per heavy atom. The Kier molecular flexibility index (Phi) is 1.83. The first kappa shape index (κ1) is 8.29. The van der Waals surface area contributed by atoms with Crippen LogP contribution in [-0.4, -0.2) is 24.3 Å². The summed E-state index contributed by atoms with van der Waals surface area (Å²) in [4.78, 5) is 8.17. The van der Waals surface area contributed by atoms with Crippen molar-refractivity contribution in [3.63, 3.8) is 0 Å². The lowest BCUT2D eigenvalue weighted by Crippen LogP contribution is -2.39. The molecule has 70 valence electrons. The van der Waals surface area contributed by atoms with Gasteiger partial charge in [0.25, 0.3) is 0 Å². The van der Waals surface area contributed by atoms with Crippen LogP contribution >= 0.6 is 0 Å². The number of amidine groups is 1. The van der Waals surface area contributed by atoms with Crippen LogP contribution in [0.3, 0.4) is 0 Å². The number of ether oxygens (including phenoxy) is 1. The molecule has 0 saturated heterocycles. The van der Waals surface area contributed by atoms with E-state index in [0.717, 1.165) is 0 Å². The maximum absolute atomic E-state index is 5.68. The van der Waals surface area contributed by atoms with Crippen LogP contribution in [-0.2, 0) is 4.74 Å². The molecule has 0 aromatic carbocycles. The molecule has 2 aliphatic heterocycles. The Bertz CT molecular complexity index is 304. The third-order valence-corrected chi connectivity index (χ3v) is 2.37. The standard InChI is InChI=1S/C9H13N3O/c1-5(2)6-3-13-8-7(6)11-4-12-9(8)10/h3-5,7-8H,1-2H3,(H2,10,11,12). The number of hydrogen-bond donors (Lipinski definition) is 1. The second-order valence-corrected chi connectivity index (χ2v) is 3.59. The summed E-state index contributed by atoms with van der Waals surface area (Å²) < 4.78 is 5.41. The van der Waals surface area contributed by atoms with E-state index in [0.29, 0.717) is 11.8 Å². The highest BCUT2D eigenvalue weighted by molar-refractivity contribution is 5.94. The van der Waals surface area contributed by atoms with Gasteiger partial charge >= 0.3 is 0 Å². The minimum atomic E-state index is -0.164. The number of rotatable bonds is 1. The lowest BCUT2D eigenvalue weighted by atomic mass is 9.94. The van der Waals surface area contributed by atoms with Crippen molar-refractivity contribution in [3.05, 3.63) is 11.8 Å². The van der Waals surface area contributed by atoms with Crippen molar-refractivity contribution in [1.82, 2.24) is 0 Å². The van der Waals surface area contributed by atoms with Crippen molar-refractivity contribution in [2.24, 2.45) is 21.6 Å². The molecule has 2 heterocycles. The fourth-order valence-corrected chi connectivity index (χ4v) is 1.59. The number of nitrogens with two attached hydrogens (primary N) is 1. The Morgan fingerprint density at radius 3 is 3.00 bits per heavy atom. The topological polar surface area (TPSA) is 60.0 Å². The fourth-order valence-electron chi connectivity index (χ4n) is 1.59. The summed E-state index contributed by atoms with van der Waals surface area (Å²) >= 11 is 0. The van der Waals surface area contributed by atoms with Gasteiger partial charge in [-0.2, -0.15) is 0 Å². The molecule has 0 saturated carbocycles. The van der Waals surface area contributed by atoms with Crippen LogP contribution in [0.4, 0.5) is 0 Å². The Labute approximate surface area is 77.2 Å². The lowest BCUT2D eigenvalue weighted by Gasteiger charge is -2.20. The highest BCUT2D eigenvalue weighted by atomic mass is 16.5. The molecule has 0 aromatic heterocycles. The molecule has 13 heavy (non-hydrogen) atoms. The lowest BCUT2D eigenvalue weighted by molar-refractivity contribution is 0.216. The number of fused-ring (bicyclic) bond motifs is 1. The molecular weight excluding hydrogens is 166 g/mol. The van der Waals surface area contributed by atoms with E-state index in [2.05, 4.69) is 23.8 Å². The first-order valence-electron chi connectivity index (χ1n) is 4.40. The molecule has 2 N–H and O–H groups in total. The van der Waals surface area contributed by atoms with Gasteiger partial charge in [-0.3, -0.25) is 4.99 Å². The quantitative estimate of drug-likeness (QED) is 0.643. The molecule has 0 aromatic rings. The van der Waals surface area contributed by atoms with Crippen LogP contribution in [0.25, 0.3) is 0 Å². The smallest absolute Gasteiger partial charge is 0.181 e. The highest BCUT2D eigenvalue weighted by Gasteiger charge is 2.36. The molecule has 2 unspecified atom stereocenters. The second kappa shape index (κ2) is 2.87. The van der Waals surface area contributed by atoms with E-state index < -0.39 is 0 Å². The SMILES string of the molecule is CC(C)C1=COC2C(N)=NC=NC12. The van der Waals surface area contributed by atoms with E-state index in [9.17, 15) is 0 Å². The maximum atomic E-state index is 5.68. The fraction of sp³-hybridized carbons (Fsp3) is 0.556. The summed E-state index contributed by atoms with van der Waals surface area (Å²) in [5.74, 6) is 0.963. The van der Waals surface area contributed by atoms with Crippen molar-refractivity contribution >= 4 is 12.2 Å². The highest BCUT2D eigenvalue weighted by Crippen LogP contribution is 2.28. The minimum absolute atomic E-state index is 0.0532. The summed E-state index contributed by atoms with van der Waals surface area (Å²) in [5, 5.41) is 0. The number of nitrogens with zero attached hydrogens (tertiary/aromatic N) is 2. The largest absolute Gasteiger partial charge is 0.487 e. The van der Waals surface area contributed by atoms with Crippen LogP contribution in [0, 0.1) is 5.92 Å². The van der Waals surface area contributed by atoms with E-state index in [1.165, 1.54) is 11.9 Å². The zero-order valence-corrected chi connectivity index (χ0v) is 7.77. The summed E-state index contributed by atoms with van der Waals surface area (Å²) in [6.07, 6.45) is 3.12. The van der Waals surface area contributed by atoms with Crippen molar-refractivity contribution in [1.29, 1.82) is 0 Å². The third kappa shape index (κ3) is 1.22. The average molecular weight is 179 g/mol. The van der Waals surface area contributed by atoms with Gasteiger partial charge in [0, 0.05) is 0 Å². The van der Waals surface area contributed by atoms with Gasteiger partial charge in [0.05, 0.1) is 6.26 Å². The van der Waals surface area contributed by atoms with Gasteiger partial charge in [0.15, 0.2) is 6.10 Å². The molecule has 2 atom stereocenters. The van der Waals surface area contributed by atoms with Gasteiger partial charge in [-0.25, -0.2) is 4.99 Å². The van der Waals surface area contributed by atoms with Crippen LogP contribution in [0.1, 0.15) is 13.8 Å². The van der Waals surface area contributed by atoms with Crippen molar-refractivity contribution in [2.75, 3.05) is 0 Å². The molecular formula is C9H13N3O. The molecule has 2 rings (SSSR count). The molecule has 4 heteroatoms. The van der Waals surface area contributed by atoms with E-state index in [4.69, 9.17) is 10.5 Å². The normalized spacial score (nSPS) is 31.0. The summed E-state index contributed by atoms with van der Waals surface area (Å²) in [7, 11) is 0. The number of aliphatic imine (C=N–C) groups is 2. The Morgan fingerprint density at radius 1 is 1.54 bits per heavy atom. The second-order valence-electron chi connectivity index (χ2n) is 3.59. The molecule has 0 spiro atoms. The molecule has 0 bridgehead atoms. The Balaban J connectivity index is 2.24. The van der Waals surface area contributed by atoms with Crippen LogP contribution < -0.4 is 5.73 Å². The van der Waals surface area contributed by atoms with E-state index in [-0.39, 0.29) is 12.1 Å². The zero-order valence-electron chi connectivity index (χ0n) is 7.77. The van der Waals surface area contributed by atoms with Gasteiger partial charge in [0.1, 0.15) is 18.2 Å². The van der Waals surface area contributed by atoms with Gasteiger partial charge in [0.2, 0.25) is 0 Å². The monoisotopic (exact) mass is 179 g/mol. The molecule has 4 nitrogen and oxygen atoms in total. The maximum Gasteiger partial charge on any atom is 0.181 e. The first-order valence-corrected chi connectivity index (χ1v) is 4.40. The van der Waals surface area contributed by atoms with E-state index in [1.807, 2.05) is 0 Å². The predicted molar refractivity (Wildman–Crippen MR) is 51.7 cm³/mol. The van der Waals surface area contributed by atoms with E-state index in [1.54, 1.807) is 6.26 Å². The van der Waals surface area contributed by atoms with E-state index >= 15 is 0 Å². The van der Waals surface area contributed by atoms with Crippen LogP contribution in [0.2, 0.25) is 0 Å². The van der Waals surface area contributed by atoms with Crippen LogP contribution in [0.5, 0.6) is 0 Å².